The quantitative estimate of drug-likeness (QED) is 0.334. The maximum atomic E-state index is 12.8. The summed E-state index contributed by atoms with van der Waals surface area (Å²) in [5, 5.41) is 5.88. The molecular weight excluding hydrogens is 418 g/mol. The molecule has 3 N–H and O–H groups in total. The SMILES string of the molecule is CCOc1cccc(CNC(=NC)NCCS(=O)(=O)NCC2CCC2)c1OC(F)F. The number of nitrogens with one attached hydrogen (secondary N) is 3. The zero-order valence-electron chi connectivity index (χ0n) is 17.3. The maximum Gasteiger partial charge on any atom is 0.387 e. The number of hydrogen-bond donors (Lipinski definition) is 3. The van der Waals surface area contributed by atoms with Gasteiger partial charge < -0.3 is 20.1 Å². The van der Waals surface area contributed by atoms with Gasteiger partial charge in [0.2, 0.25) is 10.0 Å². The Morgan fingerprint density at radius 1 is 1.30 bits per heavy atom. The molecule has 0 saturated heterocycles. The monoisotopic (exact) mass is 448 g/mol. The van der Waals surface area contributed by atoms with E-state index < -0.39 is 16.6 Å². The Balaban J connectivity index is 1.86. The second kappa shape index (κ2) is 11.9. The first-order valence-electron chi connectivity index (χ1n) is 9.96. The molecular formula is C19H30F2N4O4S. The highest BCUT2D eigenvalue weighted by Gasteiger charge is 2.20. The van der Waals surface area contributed by atoms with Crippen LogP contribution in [0.4, 0.5) is 8.78 Å². The first-order valence-corrected chi connectivity index (χ1v) is 11.6. The molecule has 0 spiro atoms. The first kappa shape index (κ1) is 24.1. The Bertz CT molecular complexity index is 802. The van der Waals surface area contributed by atoms with Gasteiger partial charge >= 0.3 is 6.61 Å². The summed E-state index contributed by atoms with van der Waals surface area (Å²) in [6, 6.07) is 4.87. The number of nitrogens with zero attached hydrogens (tertiary/aromatic N) is 1. The van der Waals surface area contributed by atoms with Gasteiger partial charge in [0.25, 0.3) is 0 Å². The van der Waals surface area contributed by atoms with Crippen LogP contribution >= 0.6 is 0 Å². The zero-order chi connectivity index (χ0) is 22.0. The first-order chi connectivity index (χ1) is 14.3. The highest BCUT2D eigenvalue weighted by Crippen LogP contribution is 2.32. The van der Waals surface area contributed by atoms with Crippen LogP contribution in [0.5, 0.6) is 11.5 Å². The van der Waals surface area contributed by atoms with Crippen LogP contribution in [0.3, 0.4) is 0 Å². The van der Waals surface area contributed by atoms with Gasteiger partial charge in [-0.25, -0.2) is 13.1 Å². The van der Waals surface area contributed by atoms with Crippen molar-refractivity contribution in [3.05, 3.63) is 23.8 Å². The summed E-state index contributed by atoms with van der Waals surface area (Å²) in [5.74, 6) is 0.872. The Kier molecular flexibility index (Phi) is 9.57. The molecule has 1 aliphatic rings. The molecule has 0 unspecified atom stereocenters. The number of benzene rings is 1. The van der Waals surface area contributed by atoms with Gasteiger partial charge in [0, 0.05) is 32.2 Å². The van der Waals surface area contributed by atoms with Crippen LogP contribution in [-0.2, 0) is 16.6 Å². The molecule has 1 fully saturated rings. The summed E-state index contributed by atoms with van der Waals surface area (Å²) < 4.78 is 62.3. The Hall–Kier alpha value is -2.14. The van der Waals surface area contributed by atoms with Gasteiger partial charge in [0.05, 0.1) is 12.4 Å². The molecule has 2 rings (SSSR count). The molecule has 1 aliphatic carbocycles. The molecule has 0 atom stereocenters. The van der Waals surface area contributed by atoms with Crippen LogP contribution in [0, 0.1) is 5.92 Å². The second-order valence-corrected chi connectivity index (χ2v) is 8.80. The van der Waals surface area contributed by atoms with E-state index in [1.165, 1.54) is 7.05 Å². The highest BCUT2D eigenvalue weighted by atomic mass is 32.2. The minimum atomic E-state index is -3.37. The lowest BCUT2D eigenvalue weighted by molar-refractivity contribution is -0.0520. The molecule has 30 heavy (non-hydrogen) atoms. The topological polar surface area (TPSA) is 101 Å². The Morgan fingerprint density at radius 3 is 2.67 bits per heavy atom. The second-order valence-electron chi connectivity index (χ2n) is 6.87. The van der Waals surface area contributed by atoms with Crippen LogP contribution in [0.25, 0.3) is 0 Å². The molecule has 170 valence electrons. The lowest BCUT2D eigenvalue weighted by atomic mass is 9.86. The molecule has 1 saturated carbocycles. The predicted octanol–water partition coefficient (Wildman–Crippen LogP) is 2.07. The summed E-state index contributed by atoms with van der Waals surface area (Å²) in [5.41, 5.74) is 0.457. The van der Waals surface area contributed by atoms with Gasteiger partial charge in [-0.2, -0.15) is 8.78 Å². The third-order valence-corrected chi connectivity index (χ3v) is 6.07. The summed E-state index contributed by atoms with van der Waals surface area (Å²) in [6.45, 7) is -0.159. The molecule has 0 aliphatic heterocycles. The Morgan fingerprint density at radius 2 is 2.07 bits per heavy atom. The number of para-hydroxylation sites is 1. The number of alkyl halides is 2. The van der Waals surface area contributed by atoms with Gasteiger partial charge in [-0.1, -0.05) is 18.6 Å². The number of halogens is 2. The lowest BCUT2D eigenvalue weighted by Gasteiger charge is -2.25. The third-order valence-electron chi connectivity index (χ3n) is 4.72. The third kappa shape index (κ3) is 7.94. The van der Waals surface area contributed by atoms with E-state index in [4.69, 9.17) is 4.74 Å². The normalized spacial score (nSPS) is 15.0. The van der Waals surface area contributed by atoms with Crippen molar-refractivity contribution in [1.82, 2.24) is 15.4 Å². The molecule has 0 aromatic heterocycles. The number of sulfonamides is 1. The summed E-state index contributed by atoms with van der Waals surface area (Å²) in [6.07, 6.45) is 3.30. The Labute approximate surface area is 176 Å². The molecule has 1 aromatic rings. The minimum Gasteiger partial charge on any atom is -0.490 e. The number of ether oxygens (including phenoxy) is 2. The molecule has 1 aromatic carbocycles. The van der Waals surface area contributed by atoms with Crippen molar-refractivity contribution >= 4 is 16.0 Å². The molecule has 0 heterocycles. The minimum absolute atomic E-state index is 0.0416. The van der Waals surface area contributed by atoms with Gasteiger partial charge in [-0.05, 0) is 31.7 Å². The van der Waals surface area contributed by atoms with E-state index in [1.54, 1.807) is 25.1 Å². The molecule has 0 amide bonds. The van der Waals surface area contributed by atoms with Crippen molar-refractivity contribution in [2.45, 2.75) is 39.3 Å². The molecule has 0 radical (unpaired) electrons. The van der Waals surface area contributed by atoms with Crippen molar-refractivity contribution in [3.63, 3.8) is 0 Å². The number of rotatable bonds is 12. The van der Waals surface area contributed by atoms with E-state index >= 15 is 0 Å². The van der Waals surface area contributed by atoms with Gasteiger partial charge in [0.1, 0.15) is 0 Å². The maximum absolute atomic E-state index is 12.8. The lowest BCUT2D eigenvalue weighted by Crippen LogP contribution is -2.41. The van der Waals surface area contributed by atoms with Crippen LogP contribution < -0.4 is 24.8 Å². The zero-order valence-corrected chi connectivity index (χ0v) is 18.1. The van der Waals surface area contributed by atoms with Crippen LogP contribution in [0.15, 0.2) is 23.2 Å². The van der Waals surface area contributed by atoms with E-state index in [0.29, 0.717) is 30.6 Å². The average molecular weight is 449 g/mol. The van der Waals surface area contributed by atoms with Crippen molar-refractivity contribution in [2.75, 3.05) is 32.5 Å². The molecule has 0 bridgehead atoms. The van der Waals surface area contributed by atoms with Gasteiger partial charge in [0.15, 0.2) is 17.5 Å². The van der Waals surface area contributed by atoms with Crippen LogP contribution in [0.2, 0.25) is 0 Å². The number of aliphatic imine (C=N–C) groups is 1. The fraction of sp³-hybridized carbons (Fsp3) is 0.632. The average Bonchev–Trinajstić information content (AvgIpc) is 2.65. The fourth-order valence-corrected chi connectivity index (χ4v) is 3.91. The summed E-state index contributed by atoms with van der Waals surface area (Å²) in [7, 11) is -1.84. The van der Waals surface area contributed by atoms with Crippen LogP contribution in [-0.4, -0.2) is 53.5 Å². The summed E-state index contributed by atoms with van der Waals surface area (Å²) >= 11 is 0. The van der Waals surface area contributed by atoms with Crippen molar-refractivity contribution in [2.24, 2.45) is 10.9 Å². The standard InChI is InChI=1S/C19H30F2N4O4S/c1-3-28-16-9-5-8-15(17(16)29-18(20)21)13-24-19(22-2)23-10-11-30(26,27)25-12-14-6-4-7-14/h5,8-9,14,18,25H,3-4,6-7,10-13H2,1-2H3,(H2,22,23,24). The van der Waals surface area contributed by atoms with Crippen molar-refractivity contribution in [1.29, 1.82) is 0 Å². The largest absolute Gasteiger partial charge is 0.490 e. The van der Waals surface area contributed by atoms with Gasteiger partial charge in [-0.3, -0.25) is 4.99 Å². The van der Waals surface area contributed by atoms with E-state index in [9.17, 15) is 17.2 Å². The fourth-order valence-electron chi connectivity index (χ4n) is 2.91. The van der Waals surface area contributed by atoms with Crippen molar-refractivity contribution in [3.8, 4) is 11.5 Å². The smallest absolute Gasteiger partial charge is 0.387 e. The molecule has 11 heteroatoms. The molecule has 8 nitrogen and oxygen atoms in total. The highest BCUT2D eigenvalue weighted by molar-refractivity contribution is 7.89. The number of guanidine groups is 1. The van der Waals surface area contributed by atoms with E-state index in [0.717, 1.165) is 19.3 Å². The van der Waals surface area contributed by atoms with Crippen molar-refractivity contribution < 1.29 is 26.7 Å². The van der Waals surface area contributed by atoms with E-state index in [2.05, 4.69) is 25.1 Å². The number of hydrogen-bond acceptors (Lipinski definition) is 5. The van der Waals surface area contributed by atoms with E-state index in [-0.39, 0.29) is 30.3 Å². The van der Waals surface area contributed by atoms with Gasteiger partial charge in [-0.15, -0.1) is 0 Å². The van der Waals surface area contributed by atoms with E-state index in [1.807, 2.05) is 0 Å². The van der Waals surface area contributed by atoms with Crippen LogP contribution in [0.1, 0.15) is 31.7 Å². The summed E-state index contributed by atoms with van der Waals surface area (Å²) in [4.78, 5) is 4.03. The predicted molar refractivity (Wildman–Crippen MR) is 112 cm³/mol.